The lowest BCUT2D eigenvalue weighted by molar-refractivity contribution is -0.127. The highest BCUT2D eigenvalue weighted by Gasteiger charge is 2.40. The van der Waals surface area contributed by atoms with E-state index in [0.29, 0.717) is 6.54 Å². The van der Waals surface area contributed by atoms with Crippen LogP contribution in [0, 0.1) is 0 Å². The Bertz CT molecular complexity index is 214. The number of nitrogens with zero attached hydrogens (tertiary/aromatic N) is 1. The molecule has 2 rings (SSSR count). The molecule has 1 spiro atoms. The average molecular weight is 200 g/mol. The van der Waals surface area contributed by atoms with E-state index < -0.39 is 0 Å². The van der Waals surface area contributed by atoms with Gasteiger partial charge in [0.25, 0.3) is 0 Å². The fourth-order valence-corrected chi connectivity index (χ4v) is 3.45. The van der Waals surface area contributed by atoms with Gasteiger partial charge in [-0.05, 0) is 25.6 Å². The SMILES string of the molecule is CN1CC(=O)NCC12CCCSC2. The van der Waals surface area contributed by atoms with Crippen LogP contribution in [-0.2, 0) is 4.79 Å². The summed E-state index contributed by atoms with van der Waals surface area (Å²) in [6.07, 6.45) is 2.52. The summed E-state index contributed by atoms with van der Waals surface area (Å²) in [5, 5.41) is 2.98. The van der Waals surface area contributed by atoms with Crippen LogP contribution < -0.4 is 5.32 Å². The molecule has 1 N–H and O–H groups in total. The number of amides is 1. The number of hydrogen-bond donors (Lipinski definition) is 1. The smallest absolute Gasteiger partial charge is 0.234 e. The topological polar surface area (TPSA) is 32.3 Å². The molecule has 2 aliphatic rings. The van der Waals surface area contributed by atoms with Crippen molar-refractivity contribution in [3.63, 3.8) is 0 Å². The van der Waals surface area contributed by atoms with Gasteiger partial charge in [0.2, 0.25) is 5.91 Å². The van der Waals surface area contributed by atoms with Crippen molar-refractivity contribution in [2.24, 2.45) is 0 Å². The fourth-order valence-electron chi connectivity index (χ4n) is 2.12. The maximum atomic E-state index is 11.1. The van der Waals surface area contributed by atoms with E-state index in [0.717, 1.165) is 6.54 Å². The molecule has 0 saturated carbocycles. The molecule has 2 fully saturated rings. The highest BCUT2D eigenvalue weighted by Crippen LogP contribution is 2.31. The normalized spacial score (nSPS) is 36.2. The zero-order valence-corrected chi connectivity index (χ0v) is 8.82. The molecule has 74 valence electrons. The number of likely N-dealkylation sites (N-methyl/N-ethyl adjacent to an activating group) is 1. The first kappa shape index (κ1) is 9.34. The van der Waals surface area contributed by atoms with Gasteiger partial charge in [-0.3, -0.25) is 9.69 Å². The van der Waals surface area contributed by atoms with E-state index in [1.54, 1.807) is 0 Å². The van der Waals surface area contributed by atoms with E-state index in [9.17, 15) is 4.79 Å². The van der Waals surface area contributed by atoms with Crippen LogP contribution in [0.2, 0.25) is 0 Å². The van der Waals surface area contributed by atoms with E-state index in [2.05, 4.69) is 17.3 Å². The number of carbonyl (C=O) groups is 1. The molecule has 0 radical (unpaired) electrons. The summed E-state index contributed by atoms with van der Waals surface area (Å²) in [5.41, 5.74) is 0.261. The van der Waals surface area contributed by atoms with Crippen LogP contribution in [0.1, 0.15) is 12.8 Å². The lowest BCUT2D eigenvalue weighted by Crippen LogP contribution is -2.63. The minimum absolute atomic E-state index is 0.170. The van der Waals surface area contributed by atoms with E-state index in [1.165, 1.54) is 24.3 Å². The molecule has 0 aliphatic carbocycles. The molecule has 1 atom stereocenters. The van der Waals surface area contributed by atoms with Crippen LogP contribution in [0.5, 0.6) is 0 Å². The molecule has 0 aromatic rings. The lowest BCUT2D eigenvalue weighted by Gasteiger charge is -2.47. The van der Waals surface area contributed by atoms with Crippen LogP contribution >= 0.6 is 11.8 Å². The van der Waals surface area contributed by atoms with E-state index >= 15 is 0 Å². The third-order valence-electron chi connectivity index (χ3n) is 3.11. The number of nitrogens with one attached hydrogen (secondary N) is 1. The van der Waals surface area contributed by atoms with Crippen LogP contribution in [0.4, 0.5) is 0 Å². The first-order valence-corrected chi connectivity index (χ1v) is 5.94. The third-order valence-corrected chi connectivity index (χ3v) is 4.43. The Morgan fingerprint density at radius 1 is 1.62 bits per heavy atom. The molecule has 0 aromatic heterocycles. The van der Waals surface area contributed by atoms with Gasteiger partial charge in [-0.1, -0.05) is 0 Å². The predicted molar refractivity (Wildman–Crippen MR) is 54.9 cm³/mol. The van der Waals surface area contributed by atoms with E-state index in [1.807, 2.05) is 11.8 Å². The summed E-state index contributed by atoms with van der Waals surface area (Å²) in [4.78, 5) is 13.4. The Labute approximate surface area is 83.2 Å². The zero-order valence-electron chi connectivity index (χ0n) is 8.01. The van der Waals surface area contributed by atoms with Gasteiger partial charge in [-0.2, -0.15) is 11.8 Å². The molecule has 3 nitrogen and oxygen atoms in total. The molecule has 4 heteroatoms. The fraction of sp³-hybridized carbons (Fsp3) is 0.889. The largest absolute Gasteiger partial charge is 0.353 e. The van der Waals surface area contributed by atoms with Crippen molar-refractivity contribution in [1.29, 1.82) is 0 Å². The molecular formula is C9H16N2OS. The molecule has 0 aromatic carbocycles. The highest BCUT2D eigenvalue weighted by molar-refractivity contribution is 7.99. The van der Waals surface area contributed by atoms with Gasteiger partial charge in [0.15, 0.2) is 0 Å². The first-order chi connectivity index (χ1) is 6.23. The van der Waals surface area contributed by atoms with Crippen LogP contribution in [-0.4, -0.2) is 48.0 Å². The van der Waals surface area contributed by atoms with Gasteiger partial charge in [-0.25, -0.2) is 0 Å². The number of carbonyl (C=O) groups excluding carboxylic acids is 1. The van der Waals surface area contributed by atoms with Crippen molar-refractivity contribution < 1.29 is 4.79 Å². The van der Waals surface area contributed by atoms with Crippen molar-refractivity contribution >= 4 is 17.7 Å². The van der Waals surface area contributed by atoms with Crippen LogP contribution in [0.3, 0.4) is 0 Å². The van der Waals surface area contributed by atoms with Crippen molar-refractivity contribution in [3.8, 4) is 0 Å². The summed E-state index contributed by atoms with van der Waals surface area (Å²) in [5.74, 6) is 2.62. The Morgan fingerprint density at radius 2 is 2.46 bits per heavy atom. The number of thioether (sulfide) groups is 1. The first-order valence-electron chi connectivity index (χ1n) is 4.79. The maximum Gasteiger partial charge on any atom is 0.234 e. The zero-order chi connectivity index (χ0) is 9.31. The Hall–Kier alpha value is -0.220. The number of rotatable bonds is 0. The number of piperazine rings is 1. The molecule has 1 amide bonds. The van der Waals surface area contributed by atoms with Crippen LogP contribution in [0.25, 0.3) is 0 Å². The van der Waals surface area contributed by atoms with Crippen molar-refractivity contribution in [2.45, 2.75) is 18.4 Å². The second kappa shape index (κ2) is 3.50. The predicted octanol–water partition coefficient (Wildman–Crippen LogP) is 0.314. The summed E-state index contributed by atoms with van der Waals surface area (Å²) in [6.45, 7) is 1.41. The summed E-state index contributed by atoms with van der Waals surface area (Å²) < 4.78 is 0. The van der Waals surface area contributed by atoms with Crippen molar-refractivity contribution in [3.05, 3.63) is 0 Å². The highest BCUT2D eigenvalue weighted by atomic mass is 32.2. The second-order valence-electron chi connectivity index (χ2n) is 4.01. The van der Waals surface area contributed by atoms with Gasteiger partial charge >= 0.3 is 0 Å². The van der Waals surface area contributed by atoms with E-state index in [4.69, 9.17) is 0 Å². The standard InChI is InChI=1S/C9H16N2OS/c1-11-5-8(12)10-6-9(11)3-2-4-13-7-9/h2-7H2,1H3,(H,10,12). The van der Waals surface area contributed by atoms with Gasteiger partial charge < -0.3 is 5.32 Å². The molecule has 13 heavy (non-hydrogen) atoms. The van der Waals surface area contributed by atoms with Gasteiger partial charge in [0.1, 0.15) is 0 Å². The summed E-state index contributed by atoms with van der Waals surface area (Å²) in [7, 11) is 2.07. The third kappa shape index (κ3) is 1.70. The minimum atomic E-state index is 0.170. The molecule has 2 heterocycles. The molecule has 2 saturated heterocycles. The number of hydrogen-bond acceptors (Lipinski definition) is 3. The molecule has 0 bridgehead atoms. The Morgan fingerprint density at radius 3 is 3.08 bits per heavy atom. The Balaban J connectivity index is 2.07. The van der Waals surface area contributed by atoms with Crippen molar-refractivity contribution in [1.82, 2.24) is 10.2 Å². The molecule has 2 aliphatic heterocycles. The monoisotopic (exact) mass is 200 g/mol. The summed E-state index contributed by atoms with van der Waals surface area (Å²) in [6, 6.07) is 0. The maximum absolute atomic E-state index is 11.1. The van der Waals surface area contributed by atoms with Crippen molar-refractivity contribution in [2.75, 3.05) is 31.6 Å². The quantitative estimate of drug-likeness (QED) is 0.611. The van der Waals surface area contributed by atoms with Gasteiger partial charge in [0, 0.05) is 17.8 Å². The minimum Gasteiger partial charge on any atom is -0.353 e. The lowest BCUT2D eigenvalue weighted by atomic mass is 9.91. The van der Waals surface area contributed by atoms with Gasteiger partial charge in [-0.15, -0.1) is 0 Å². The molecule has 1 unspecified atom stereocenters. The second-order valence-corrected chi connectivity index (χ2v) is 5.12. The summed E-state index contributed by atoms with van der Waals surface area (Å²) >= 11 is 2.01. The van der Waals surface area contributed by atoms with Gasteiger partial charge in [0.05, 0.1) is 6.54 Å². The van der Waals surface area contributed by atoms with Crippen LogP contribution in [0.15, 0.2) is 0 Å². The Kier molecular flexibility index (Phi) is 2.51. The molecular weight excluding hydrogens is 184 g/mol. The van der Waals surface area contributed by atoms with E-state index in [-0.39, 0.29) is 11.4 Å². The average Bonchev–Trinajstić information content (AvgIpc) is 2.14.